The van der Waals surface area contributed by atoms with Crippen LogP contribution in [-0.4, -0.2) is 28.5 Å². The van der Waals surface area contributed by atoms with Gasteiger partial charge in [0, 0.05) is 5.92 Å². The van der Waals surface area contributed by atoms with Gasteiger partial charge < -0.3 is 9.47 Å². The SMILES string of the molecule is COc1cc2c(cc1OC)[C@@H](c1ccccc1)[C@H](C(=O)NS(=O)(=O)c1ccc(C)cc1)CC2. The van der Waals surface area contributed by atoms with E-state index < -0.39 is 21.8 Å². The van der Waals surface area contributed by atoms with Gasteiger partial charge in [-0.25, -0.2) is 13.1 Å². The summed E-state index contributed by atoms with van der Waals surface area (Å²) in [5.74, 6) is -0.176. The fourth-order valence-corrected chi connectivity index (χ4v) is 5.50. The van der Waals surface area contributed by atoms with Crippen LogP contribution in [0.4, 0.5) is 0 Å². The number of carbonyl (C=O) groups is 1. The van der Waals surface area contributed by atoms with Gasteiger partial charge >= 0.3 is 0 Å². The summed E-state index contributed by atoms with van der Waals surface area (Å²) in [6.45, 7) is 1.88. The molecule has 0 saturated carbocycles. The second-order valence-corrected chi connectivity index (χ2v) is 9.90. The highest BCUT2D eigenvalue weighted by molar-refractivity contribution is 7.90. The molecule has 3 aromatic rings. The first-order valence-corrected chi connectivity index (χ1v) is 12.3. The Kier molecular flexibility index (Phi) is 6.42. The van der Waals surface area contributed by atoms with Crippen molar-refractivity contribution in [1.29, 1.82) is 0 Å². The van der Waals surface area contributed by atoms with Gasteiger partial charge in [-0.05, 0) is 60.7 Å². The number of fused-ring (bicyclic) bond motifs is 1. The van der Waals surface area contributed by atoms with E-state index in [9.17, 15) is 13.2 Å². The quantitative estimate of drug-likeness (QED) is 0.590. The van der Waals surface area contributed by atoms with E-state index >= 15 is 0 Å². The van der Waals surface area contributed by atoms with Gasteiger partial charge in [-0.15, -0.1) is 0 Å². The first-order valence-electron chi connectivity index (χ1n) is 10.8. The maximum Gasteiger partial charge on any atom is 0.264 e. The maximum atomic E-state index is 13.4. The van der Waals surface area contributed by atoms with Crippen LogP contribution in [0, 0.1) is 12.8 Å². The molecule has 1 aliphatic carbocycles. The third-order valence-corrected chi connectivity index (χ3v) is 7.53. The van der Waals surface area contributed by atoms with Crippen molar-refractivity contribution in [2.45, 2.75) is 30.6 Å². The van der Waals surface area contributed by atoms with Crippen LogP contribution in [0.15, 0.2) is 71.6 Å². The lowest BCUT2D eigenvalue weighted by atomic mass is 9.71. The predicted octanol–water partition coefficient (Wildman–Crippen LogP) is 4.21. The van der Waals surface area contributed by atoms with Crippen LogP contribution in [-0.2, 0) is 21.2 Å². The van der Waals surface area contributed by atoms with E-state index in [-0.39, 0.29) is 10.8 Å². The lowest BCUT2D eigenvalue weighted by Gasteiger charge is -2.33. The van der Waals surface area contributed by atoms with Crippen molar-refractivity contribution in [2.24, 2.45) is 5.92 Å². The summed E-state index contributed by atoms with van der Waals surface area (Å²) in [5.41, 5.74) is 3.89. The maximum absolute atomic E-state index is 13.4. The Morgan fingerprint density at radius 2 is 1.58 bits per heavy atom. The second-order valence-electron chi connectivity index (χ2n) is 8.22. The van der Waals surface area contributed by atoms with Gasteiger partial charge in [0.2, 0.25) is 5.91 Å². The third kappa shape index (κ3) is 4.59. The minimum absolute atomic E-state index is 0.0697. The van der Waals surface area contributed by atoms with Gasteiger partial charge in [0.1, 0.15) is 0 Å². The van der Waals surface area contributed by atoms with E-state index in [1.54, 1.807) is 26.4 Å². The number of ether oxygens (including phenoxy) is 2. The van der Waals surface area contributed by atoms with Crippen molar-refractivity contribution in [1.82, 2.24) is 4.72 Å². The van der Waals surface area contributed by atoms with Gasteiger partial charge in [0.15, 0.2) is 11.5 Å². The van der Waals surface area contributed by atoms with Crippen LogP contribution in [0.1, 0.15) is 34.6 Å². The zero-order chi connectivity index (χ0) is 23.6. The Hall–Kier alpha value is -3.32. The number of nitrogens with one attached hydrogen (secondary N) is 1. The molecular formula is C26H27NO5S. The molecule has 0 bridgehead atoms. The van der Waals surface area contributed by atoms with E-state index in [2.05, 4.69) is 4.72 Å². The van der Waals surface area contributed by atoms with E-state index in [0.717, 1.165) is 22.3 Å². The van der Waals surface area contributed by atoms with Crippen LogP contribution >= 0.6 is 0 Å². The number of amides is 1. The van der Waals surface area contributed by atoms with Crippen molar-refractivity contribution in [2.75, 3.05) is 14.2 Å². The van der Waals surface area contributed by atoms with Gasteiger partial charge in [-0.3, -0.25) is 4.79 Å². The number of hydrogen-bond acceptors (Lipinski definition) is 5. The Labute approximate surface area is 194 Å². The minimum Gasteiger partial charge on any atom is -0.493 e. The molecule has 33 heavy (non-hydrogen) atoms. The van der Waals surface area contributed by atoms with Crippen molar-refractivity contribution in [3.05, 3.63) is 89.0 Å². The first kappa shape index (κ1) is 22.9. The molecule has 0 heterocycles. The summed E-state index contributed by atoms with van der Waals surface area (Å²) >= 11 is 0. The lowest BCUT2D eigenvalue weighted by Crippen LogP contribution is -2.40. The number of methoxy groups -OCH3 is 2. The first-order chi connectivity index (χ1) is 15.8. The molecule has 1 amide bonds. The van der Waals surface area contributed by atoms with Gasteiger partial charge in [-0.1, -0.05) is 48.0 Å². The monoisotopic (exact) mass is 465 g/mol. The second kappa shape index (κ2) is 9.27. The largest absolute Gasteiger partial charge is 0.493 e. The molecule has 4 rings (SSSR count). The average molecular weight is 466 g/mol. The number of rotatable bonds is 6. The van der Waals surface area contributed by atoms with Gasteiger partial charge in [-0.2, -0.15) is 0 Å². The molecular weight excluding hydrogens is 438 g/mol. The van der Waals surface area contributed by atoms with Crippen LogP contribution in [0.3, 0.4) is 0 Å². The van der Waals surface area contributed by atoms with Crippen LogP contribution < -0.4 is 14.2 Å². The van der Waals surface area contributed by atoms with E-state index in [0.29, 0.717) is 24.3 Å². The number of sulfonamides is 1. The lowest BCUT2D eigenvalue weighted by molar-refractivity contribution is -0.124. The number of carbonyl (C=O) groups excluding carboxylic acids is 1. The van der Waals surface area contributed by atoms with Crippen molar-refractivity contribution in [3.63, 3.8) is 0 Å². The molecule has 1 N–H and O–H groups in total. The van der Waals surface area contributed by atoms with Crippen LogP contribution in [0.25, 0.3) is 0 Å². The smallest absolute Gasteiger partial charge is 0.264 e. The molecule has 3 aromatic carbocycles. The molecule has 0 saturated heterocycles. The fourth-order valence-electron chi connectivity index (χ4n) is 4.48. The minimum atomic E-state index is -3.98. The molecule has 2 atom stereocenters. The zero-order valence-electron chi connectivity index (χ0n) is 18.9. The Bertz CT molecular complexity index is 1250. The Morgan fingerprint density at radius 3 is 2.21 bits per heavy atom. The molecule has 0 fully saturated rings. The predicted molar refractivity (Wildman–Crippen MR) is 126 cm³/mol. The van der Waals surface area contributed by atoms with E-state index in [1.165, 1.54) is 12.1 Å². The third-order valence-electron chi connectivity index (χ3n) is 6.17. The van der Waals surface area contributed by atoms with Gasteiger partial charge in [0.25, 0.3) is 10.0 Å². The molecule has 172 valence electrons. The summed E-state index contributed by atoms with van der Waals surface area (Å²) in [4.78, 5) is 13.4. The summed E-state index contributed by atoms with van der Waals surface area (Å²) in [7, 11) is -0.813. The topological polar surface area (TPSA) is 81.7 Å². The number of aryl methyl sites for hydroxylation is 2. The highest BCUT2D eigenvalue weighted by Crippen LogP contribution is 2.45. The van der Waals surface area contributed by atoms with Gasteiger partial charge in [0.05, 0.1) is 25.0 Å². The number of benzene rings is 3. The van der Waals surface area contributed by atoms with E-state index in [4.69, 9.17) is 9.47 Å². The Balaban J connectivity index is 1.73. The Morgan fingerprint density at radius 1 is 0.939 bits per heavy atom. The fraction of sp³-hybridized carbons (Fsp3) is 0.269. The summed E-state index contributed by atoms with van der Waals surface area (Å²) in [6, 6.07) is 20.0. The van der Waals surface area contributed by atoms with Crippen molar-refractivity contribution in [3.8, 4) is 11.5 Å². The zero-order valence-corrected chi connectivity index (χ0v) is 19.7. The summed E-state index contributed by atoms with van der Waals surface area (Å²) in [6.07, 6.45) is 1.14. The molecule has 0 unspecified atom stereocenters. The average Bonchev–Trinajstić information content (AvgIpc) is 2.82. The summed E-state index contributed by atoms with van der Waals surface area (Å²) < 4.78 is 39.1. The van der Waals surface area contributed by atoms with Crippen molar-refractivity contribution < 1.29 is 22.7 Å². The summed E-state index contributed by atoms with van der Waals surface area (Å²) in [5, 5.41) is 0. The highest BCUT2D eigenvalue weighted by Gasteiger charge is 2.38. The van der Waals surface area contributed by atoms with Crippen LogP contribution in [0.5, 0.6) is 11.5 Å². The normalized spacial score (nSPS) is 17.7. The van der Waals surface area contributed by atoms with Crippen molar-refractivity contribution >= 4 is 15.9 Å². The number of hydrogen-bond donors (Lipinski definition) is 1. The van der Waals surface area contributed by atoms with Crippen LogP contribution in [0.2, 0.25) is 0 Å². The highest BCUT2D eigenvalue weighted by atomic mass is 32.2. The molecule has 6 nitrogen and oxygen atoms in total. The van der Waals surface area contributed by atoms with E-state index in [1.807, 2.05) is 49.4 Å². The molecule has 0 aromatic heterocycles. The molecule has 0 spiro atoms. The molecule has 7 heteroatoms. The molecule has 0 radical (unpaired) electrons. The molecule has 1 aliphatic rings. The molecule has 0 aliphatic heterocycles. The standard InChI is InChI=1S/C26H27NO5S/c1-17-9-12-20(13-10-17)33(29,30)27-26(28)21-14-11-19-15-23(31-2)24(32-3)16-22(19)25(21)18-7-5-4-6-8-18/h4-10,12-13,15-16,21,25H,11,14H2,1-3H3,(H,27,28)/t21-,25+/m1/s1.